The summed E-state index contributed by atoms with van der Waals surface area (Å²) >= 11 is 0. The molecule has 0 heterocycles. The average Bonchev–Trinajstić information content (AvgIpc) is 0.918. The van der Waals surface area contributed by atoms with E-state index in [1.807, 2.05) is 0 Å². The fourth-order valence-corrected chi connectivity index (χ4v) is 0. The van der Waals surface area contributed by atoms with Crippen LogP contribution in [0.15, 0.2) is 0 Å². The number of hydrogen-bond donors (Lipinski definition) is 1. The van der Waals surface area contributed by atoms with Crippen molar-refractivity contribution in [2.45, 2.75) is 6.92 Å². The van der Waals surface area contributed by atoms with E-state index in [1.54, 1.807) is 6.92 Å². The summed E-state index contributed by atoms with van der Waals surface area (Å²) in [7, 11) is 0. The molecule has 0 amide bonds. The maximum atomic E-state index is 7.57. The summed E-state index contributed by atoms with van der Waals surface area (Å²) in [5, 5.41) is 7.57. The van der Waals surface area contributed by atoms with Crippen molar-refractivity contribution in [2.24, 2.45) is 0 Å². The molecule has 1 nitrogen and oxygen atoms in total. The van der Waals surface area contributed by atoms with Crippen LogP contribution in [0.5, 0.6) is 0 Å². The molecule has 0 saturated heterocycles. The van der Waals surface area contributed by atoms with Gasteiger partial charge in [0.1, 0.15) is 0 Å². The molecule has 0 fully saturated rings. The molecule has 0 aliphatic carbocycles. The van der Waals surface area contributed by atoms with E-state index in [9.17, 15) is 0 Å². The molecule has 0 aliphatic rings. The normalized spacial score (nSPS) is 2.57. The summed E-state index contributed by atoms with van der Waals surface area (Å²) in [6, 6.07) is 0. The summed E-state index contributed by atoms with van der Waals surface area (Å²) in [5.74, 6) is 0. The van der Waals surface area contributed by atoms with Gasteiger partial charge < -0.3 is 42.3 Å². The van der Waals surface area contributed by atoms with Crippen LogP contribution in [0, 0.1) is 38.6 Å². The number of aliphatic hydroxyl groups excluding tert-OH is 1. The van der Waals surface area contributed by atoms with E-state index in [4.69, 9.17) is 5.11 Å². The van der Waals surface area contributed by atoms with Gasteiger partial charge in [-0.2, -0.15) is 0 Å². The van der Waals surface area contributed by atoms with Crippen LogP contribution in [0.1, 0.15) is 6.92 Å². The Labute approximate surface area is 93.3 Å². The Morgan fingerprint density at radius 2 is 1.14 bits per heavy atom. The van der Waals surface area contributed by atoms with Gasteiger partial charge in [0.25, 0.3) is 0 Å². The van der Waals surface area contributed by atoms with Gasteiger partial charge in [-0.1, -0.05) is 0 Å². The van der Waals surface area contributed by atoms with E-state index in [0.29, 0.717) is 0 Å². The molecule has 0 aromatic rings. The minimum atomic E-state index is 0. The van der Waals surface area contributed by atoms with Crippen molar-refractivity contribution in [3.63, 3.8) is 0 Å². The smallest absolute Gasteiger partial charge is 1.00 e. The minimum Gasteiger partial charge on any atom is -1.00 e. The van der Waals surface area contributed by atoms with Crippen LogP contribution < -0.4 is 37.2 Å². The Morgan fingerprint density at radius 3 is 1.14 bits per heavy atom. The molecule has 0 bridgehead atoms. The van der Waals surface area contributed by atoms with Gasteiger partial charge in [0, 0.05) is 6.61 Å². The SMILES string of the molecule is CCO.[Cl-].[Cl-].[Cl-].[Tb+3]. The van der Waals surface area contributed by atoms with Crippen molar-refractivity contribution >= 4 is 0 Å². The molecule has 0 aliphatic heterocycles. The maximum Gasteiger partial charge on any atom is 3.00 e. The van der Waals surface area contributed by atoms with Crippen molar-refractivity contribution < 1.29 is 80.9 Å². The zero-order valence-corrected chi connectivity index (χ0v) is 8.03. The first kappa shape index (κ1) is 35.4. The monoisotopic (exact) mass is 310 g/mol. The van der Waals surface area contributed by atoms with Gasteiger partial charge in [-0.3, -0.25) is 0 Å². The second-order valence-corrected chi connectivity index (χ2v) is 0.316. The van der Waals surface area contributed by atoms with Gasteiger partial charge in [-0.05, 0) is 6.92 Å². The zero-order valence-electron chi connectivity index (χ0n) is 3.62. The first-order chi connectivity index (χ1) is 1.41. The molecular formula is C2H6Cl3OTb. The van der Waals surface area contributed by atoms with E-state index in [2.05, 4.69) is 0 Å². The van der Waals surface area contributed by atoms with E-state index in [1.165, 1.54) is 0 Å². The predicted molar refractivity (Wildman–Crippen MR) is 12.8 cm³/mol. The van der Waals surface area contributed by atoms with Gasteiger partial charge in [0.05, 0.1) is 0 Å². The number of rotatable bonds is 0. The molecular weight excluding hydrogens is 305 g/mol. The predicted octanol–water partition coefficient (Wildman–Crippen LogP) is -8.99. The largest absolute Gasteiger partial charge is 3.00 e. The van der Waals surface area contributed by atoms with Crippen LogP contribution in [0.3, 0.4) is 0 Å². The number of hydrogen-bond acceptors (Lipinski definition) is 1. The Kier molecular flexibility index (Phi) is 214. The quantitative estimate of drug-likeness (QED) is 0.471. The molecule has 7 heavy (non-hydrogen) atoms. The Hall–Kier alpha value is 2.12. The van der Waals surface area contributed by atoms with Gasteiger partial charge in [-0.25, -0.2) is 0 Å². The summed E-state index contributed by atoms with van der Waals surface area (Å²) in [4.78, 5) is 0. The van der Waals surface area contributed by atoms with Crippen LogP contribution in [0.2, 0.25) is 0 Å². The van der Waals surface area contributed by atoms with Crippen LogP contribution in [0.25, 0.3) is 0 Å². The maximum absolute atomic E-state index is 7.57. The summed E-state index contributed by atoms with van der Waals surface area (Å²) < 4.78 is 0. The van der Waals surface area contributed by atoms with Crippen molar-refractivity contribution in [1.82, 2.24) is 0 Å². The summed E-state index contributed by atoms with van der Waals surface area (Å²) in [6.07, 6.45) is 0. The fraction of sp³-hybridized carbons (Fsp3) is 1.00. The Bertz CT molecular complexity index is 12.9. The van der Waals surface area contributed by atoms with E-state index >= 15 is 0 Å². The second-order valence-electron chi connectivity index (χ2n) is 0.316. The van der Waals surface area contributed by atoms with Crippen LogP contribution in [-0.4, -0.2) is 11.7 Å². The number of halogens is 3. The van der Waals surface area contributed by atoms with Crippen LogP contribution in [0.4, 0.5) is 0 Å². The van der Waals surface area contributed by atoms with Gasteiger partial charge in [0.2, 0.25) is 0 Å². The molecule has 50 valence electrons. The standard InChI is InChI=1S/C2H6O.3ClH.Tb/c1-2-3;;;;/h3H,2H2,1H3;3*1H;/q;;;;+3/p-3. The molecule has 1 N–H and O–H groups in total. The van der Waals surface area contributed by atoms with E-state index < -0.39 is 0 Å². The summed E-state index contributed by atoms with van der Waals surface area (Å²) in [6.45, 7) is 1.93. The van der Waals surface area contributed by atoms with Crippen molar-refractivity contribution in [3.05, 3.63) is 0 Å². The third-order valence-electron chi connectivity index (χ3n) is 0. The molecule has 0 saturated carbocycles. The van der Waals surface area contributed by atoms with Crippen LogP contribution in [-0.2, 0) is 0 Å². The van der Waals surface area contributed by atoms with Crippen molar-refractivity contribution in [1.29, 1.82) is 0 Å². The van der Waals surface area contributed by atoms with Gasteiger partial charge in [0.15, 0.2) is 0 Å². The van der Waals surface area contributed by atoms with Gasteiger partial charge >= 0.3 is 38.6 Å². The zero-order chi connectivity index (χ0) is 2.71. The first-order valence-electron chi connectivity index (χ1n) is 1.02. The molecule has 0 aromatic carbocycles. The van der Waals surface area contributed by atoms with E-state index in [-0.39, 0.29) is 82.4 Å². The van der Waals surface area contributed by atoms with E-state index in [0.717, 1.165) is 0 Å². The third-order valence-corrected chi connectivity index (χ3v) is 0. The van der Waals surface area contributed by atoms with Gasteiger partial charge in [-0.15, -0.1) is 0 Å². The minimum absolute atomic E-state index is 0. The Balaban J connectivity index is -0.00000000333. The van der Waals surface area contributed by atoms with Crippen molar-refractivity contribution in [3.8, 4) is 0 Å². The molecule has 0 spiro atoms. The molecule has 0 atom stereocenters. The molecule has 0 rings (SSSR count). The average molecular weight is 311 g/mol. The molecule has 0 unspecified atom stereocenters. The summed E-state index contributed by atoms with van der Waals surface area (Å²) in [5.41, 5.74) is 0. The Morgan fingerprint density at radius 1 is 1.14 bits per heavy atom. The van der Waals surface area contributed by atoms with Crippen molar-refractivity contribution in [2.75, 3.05) is 6.61 Å². The molecule has 0 aromatic heterocycles. The first-order valence-corrected chi connectivity index (χ1v) is 1.02. The second kappa shape index (κ2) is 42.3. The fourth-order valence-electron chi connectivity index (χ4n) is 0. The van der Waals surface area contributed by atoms with Crippen LogP contribution >= 0.6 is 0 Å². The molecule has 0 radical (unpaired) electrons. The third kappa shape index (κ3) is 67.8. The topological polar surface area (TPSA) is 20.2 Å². The molecule has 5 heteroatoms. The number of aliphatic hydroxyl groups is 1.